The van der Waals surface area contributed by atoms with Crippen LogP contribution in [0.1, 0.15) is 232 Å². The lowest BCUT2D eigenvalue weighted by molar-refractivity contribution is -0.359. The Labute approximate surface area is 412 Å². The van der Waals surface area contributed by atoms with Gasteiger partial charge in [0.05, 0.1) is 32.0 Å². The van der Waals surface area contributed by atoms with E-state index in [0.29, 0.717) is 6.42 Å². The van der Waals surface area contributed by atoms with Crippen molar-refractivity contribution < 1.29 is 64.6 Å². The highest BCUT2D eigenvalue weighted by atomic mass is 16.7. The van der Waals surface area contributed by atoms with Crippen molar-refractivity contribution >= 4 is 5.91 Å². The number of aliphatic hydroxyl groups is 8. The van der Waals surface area contributed by atoms with Crippen molar-refractivity contribution in [3.05, 3.63) is 12.2 Å². The van der Waals surface area contributed by atoms with E-state index in [-0.39, 0.29) is 18.9 Å². The van der Waals surface area contributed by atoms with Crippen LogP contribution in [0, 0.1) is 0 Å². The van der Waals surface area contributed by atoms with Gasteiger partial charge in [0, 0.05) is 6.42 Å². The molecule has 0 aromatic rings. The van der Waals surface area contributed by atoms with Gasteiger partial charge in [0.15, 0.2) is 12.6 Å². The molecule has 0 aromatic heterocycles. The van der Waals surface area contributed by atoms with Crippen LogP contribution in [0.4, 0.5) is 0 Å². The maximum atomic E-state index is 13.2. The third-order valence-corrected chi connectivity index (χ3v) is 14.0. The molecular weight excluding hydrogens is 871 g/mol. The molecule has 0 bridgehead atoms. The summed E-state index contributed by atoms with van der Waals surface area (Å²) in [6, 6.07) is -0.908. The van der Waals surface area contributed by atoms with E-state index in [9.17, 15) is 45.6 Å². The summed E-state index contributed by atoms with van der Waals surface area (Å²) in [6.45, 7) is 2.81. The van der Waals surface area contributed by atoms with Gasteiger partial charge in [-0.25, -0.2) is 0 Å². The minimum atomic E-state index is -1.78. The van der Waals surface area contributed by atoms with Crippen molar-refractivity contribution in [1.82, 2.24) is 5.32 Å². The van der Waals surface area contributed by atoms with Crippen molar-refractivity contribution in [1.29, 1.82) is 0 Å². The molecule has 12 atom stereocenters. The van der Waals surface area contributed by atoms with Crippen LogP contribution in [-0.4, -0.2) is 140 Å². The van der Waals surface area contributed by atoms with Crippen molar-refractivity contribution in [3.8, 4) is 0 Å². The summed E-state index contributed by atoms with van der Waals surface area (Å²) in [5, 5.41) is 86.9. The Balaban J connectivity index is 1.80. The summed E-state index contributed by atoms with van der Waals surface area (Å²) in [5.41, 5.74) is 0. The standard InChI is InChI=1S/C54H103NO13/c1-3-5-7-9-11-13-15-17-19-20-21-22-23-24-25-27-29-31-33-35-37-43(58)42(55-46(59)38-36-34-32-30-28-26-18-16-14-12-10-8-6-4-2)41-65-53-51(64)49(62)52(45(40-57)67-53)68-54-50(63)48(61)47(60)44(39-56)66-54/h35,37,42-45,47-54,56-58,60-64H,3-34,36,38-41H2,1-2H3,(H,55,59)/b37-35+. The average Bonchev–Trinajstić information content (AvgIpc) is 3.34. The van der Waals surface area contributed by atoms with Gasteiger partial charge in [0.1, 0.15) is 48.8 Å². The van der Waals surface area contributed by atoms with Gasteiger partial charge >= 0.3 is 0 Å². The van der Waals surface area contributed by atoms with Crippen LogP contribution in [0.5, 0.6) is 0 Å². The second-order valence-corrected chi connectivity index (χ2v) is 20.1. The lowest BCUT2D eigenvalue weighted by atomic mass is 9.97. The highest BCUT2D eigenvalue weighted by Crippen LogP contribution is 2.30. The van der Waals surface area contributed by atoms with Crippen LogP contribution in [0.15, 0.2) is 12.2 Å². The summed E-state index contributed by atoms with van der Waals surface area (Å²) >= 11 is 0. The van der Waals surface area contributed by atoms with Gasteiger partial charge < -0.3 is 65.1 Å². The Morgan fingerprint density at radius 1 is 0.515 bits per heavy atom. The number of unbranched alkanes of at least 4 members (excludes halogenated alkanes) is 31. The molecule has 2 aliphatic rings. The van der Waals surface area contributed by atoms with Crippen LogP contribution >= 0.6 is 0 Å². The van der Waals surface area contributed by atoms with Gasteiger partial charge in [-0.2, -0.15) is 0 Å². The first-order chi connectivity index (χ1) is 33.1. The number of carbonyl (C=O) groups is 1. The van der Waals surface area contributed by atoms with E-state index in [1.165, 1.54) is 167 Å². The lowest BCUT2D eigenvalue weighted by Crippen LogP contribution is -2.65. The highest BCUT2D eigenvalue weighted by Gasteiger charge is 2.51. The fourth-order valence-corrected chi connectivity index (χ4v) is 9.41. The normalized spacial score (nSPS) is 26.4. The van der Waals surface area contributed by atoms with E-state index >= 15 is 0 Å². The van der Waals surface area contributed by atoms with Crippen molar-refractivity contribution in [2.45, 2.75) is 306 Å². The zero-order valence-electron chi connectivity index (χ0n) is 42.9. The predicted octanol–water partition coefficient (Wildman–Crippen LogP) is 8.33. The van der Waals surface area contributed by atoms with E-state index in [1.807, 2.05) is 6.08 Å². The number of rotatable bonds is 44. The number of ether oxygens (including phenoxy) is 4. The van der Waals surface area contributed by atoms with E-state index in [4.69, 9.17) is 18.9 Å². The predicted molar refractivity (Wildman–Crippen MR) is 268 cm³/mol. The smallest absolute Gasteiger partial charge is 0.220 e. The Bertz CT molecular complexity index is 1200. The molecule has 12 unspecified atom stereocenters. The largest absolute Gasteiger partial charge is 0.394 e. The quantitative estimate of drug-likeness (QED) is 0.0207. The van der Waals surface area contributed by atoms with Gasteiger partial charge in [0.2, 0.25) is 5.91 Å². The van der Waals surface area contributed by atoms with Crippen LogP contribution in [0.3, 0.4) is 0 Å². The Hall–Kier alpha value is -1.27. The Morgan fingerprint density at radius 3 is 1.35 bits per heavy atom. The van der Waals surface area contributed by atoms with Crippen molar-refractivity contribution in [2.24, 2.45) is 0 Å². The first kappa shape index (κ1) is 62.8. The fourth-order valence-electron chi connectivity index (χ4n) is 9.41. The average molecular weight is 974 g/mol. The van der Waals surface area contributed by atoms with E-state index in [2.05, 4.69) is 19.2 Å². The molecule has 68 heavy (non-hydrogen) atoms. The Morgan fingerprint density at radius 2 is 0.912 bits per heavy atom. The van der Waals surface area contributed by atoms with Gasteiger partial charge in [-0.3, -0.25) is 4.79 Å². The number of nitrogens with one attached hydrogen (secondary N) is 1. The van der Waals surface area contributed by atoms with Crippen LogP contribution in [-0.2, 0) is 23.7 Å². The number of allylic oxidation sites excluding steroid dienone is 1. The van der Waals surface area contributed by atoms with E-state index < -0.39 is 86.8 Å². The second-order valence-electron chi connectivity index (χ2n) is 20.1. The molecule has 1 amide bonds. The number of aliphatic hydroxyl groups excluding tert-OH is 8. The molecule has 9 N–H and O–H groups in total. The topological polar surface area (TPSA) is 228 Å². The number of hydrogen-bond acceptors (Lipinski definition) is 13. The first-order valence-electron chi connectivity index (χ1n) is 27.9. The van der Waals surface area contributed by atoms with Crippen molar-refractivity contribution in [2.75, 3.05) is 19.8 Å². The molecule has 0 aliphatic carbocycles. The molecule has 0 aromatic carbocycles. The minimum absolute atomic E-state index is 0.236. The van der Waals surface area contributed by atoms with E-state index in [0.717, 1.165) is 38.5 Å². The van der Waals surface area contributed by atoms with Gasteiger partial charge in [-0.1, -0.05) is 219 Å². The zero-order chi connectivity index (χ0) is 49.6. The summed E-state index contributed by atoms with van der Waals surface area (Å²) in [4.78, 5) is 13.2. The molecular formula is C54H103NO13. The molecule has 0 spiro atoms. The molecule has 2 fully saturated rings. The highest BCUT2D eigenvalue weighted by molar-refractivity contribution is 5.76. The van der Waals surface area contributed by atoms with Crippen LogP contribution < -0.4 is 5.32 Å². The molecule has 2 saturated heterocycles. The summed E-state index contributed by atoms with van der Waals surface area (Å²) < 4.78 is 22.7. The SMILES string of the molecule is CCCCCCCCCCCCCCCCCCCC/C=C/C(O)C(COC1OC(CO)C(OC2OC(CO)C(O)C(O)C2O)C(O)C1O)NC(=O)CCCCCCCCCCCCCCCC. The van der Waals surface area contributed by atoms with Gasteiger partial charge in [0.25, 0.3) is 0 Å². The summed E-state index contributed by atoms with van der Waals surface area (Å²) in [6.07, 6.45) is 28.2. The first-order valence-corrected chi connectivity index (χ1v) is 27.9. The van der Waals surface area contributed by atoms with Gasteiger partial charge in [-0.15, -0.1) is 0 Å². The number of hydrogen-bond donors (Lipinski definition) is 9. The molecule has 0 radical (unpaired) electrons. The molecule has 2 heterocycles. The Kier molecular flexibility index (Phi) is 38.1. The maximum absolute atomic E-state index is 13.2. The fraction of sp³-hybridized carbons (Fsp3) is 0.944. The summed E-state index contributed by atoms with van der Waals surface area (Å²) in [5.74, 6) is -0.236. The van der Waals surface area contributed by atoms with E-state index in [1.54, 1.807) is 6.08 Å². The third kappa shape index (κ3) is 27.5. The third-order valence-electron chi connectivity index (χ3n) is 14.0. The molecule has 2 aliphatic heterocycles. The molecule has 402 valence electrons. The number of amides is 1. The zero-order valence-corrected chi connectivity index (χ0v) is 42.9. The summed E-state index contributed by atoms with van der Waals surface area (Å²) in [7, 11) is 0. The molecule has 0 saturated carbocycles. The molecule has 14 heteroatoms. The monoisotopic (exact) mass is 974 g/mol. The minimum Gasteiger partial charge on any atom is -0.394 e. The number of carbonyl (C=O) groups excluding carboxylic acids is 1. The van der Waals surface area contributed by atoms with Crippen LogP contribution in [0.2, 0.25) is 0 Å². The van der Waals surface area contributed by atoms with Crippen molar-refractivity contribution in [3.63, 3.8) is 0 Å². The maximum Gasteiger partial charge on any atom is 0.220 e. The lowest BCUT2D eigenvalue weighted by Gasteiger charge is -2.46. The second kappa shape index (κ2) is 41.2. The van der Waals surface area contributed by atoms with Gasteiger partial charge in [-0.05, 0) is 19.3 Å². The molecule has 14 nitrogen and oxygen atoms in total. The molecule has 2 rings (SSSR count). The van der Waals surface area contributed by atoms with Crippen LogP contribution in [0.25, 0.3) is 0 Å².